The van der Waals surface area contributed by atoms with Gasteiger partial charge in [-0.25, -0.2) is 0 Å². The lowest BCUT2D eigenvalue weighted by Crippen LogP contribution is -2.48. The summed E-state index contributed by atoms with van der Waals surface area (Å²) in [7, 11) is 0. The molecule has 1 amide bonds. The van der Waals surface area contributed by atoms with Crippen LogP contribution in [0.25, 0.3) is 0 Å². The van der Waals surface area contributed by atoms with Gasteiger partial charge in [-0.15, -0.1) is 6.42 Å². The van der Waals surface area contributed by atoms with Crippen LogP contribution in [0.15, 0.2) is 0 Å². The smallest absolute Gasteiger partial charge is 0.223 e. The molecule has 2 nitrogen and oxygen atoms in total. The maximum atomic E-state index is 12.6. The van der Waals surface area contributed by atoms with Gasteiger partial charge in [0, 0.05) is 13.0 Å². The predicted molar refractivity (Wildman–Crippen MR) is 80.9 cm³/mol. The zero-order valence-corrected chi connectivity index (χ0v) is 12.7. The topological polar surface area (TPSA) is 20.3 Å². The molecule has 0 unspecified atom stereocenters. The highest BCUT2D eigenvalue weighted by Crippen LogP contribution is 2.61. The lowest BCUT2D eigenvalue weighted by molar-refractivity contribution is -0.139. The molecule has 0 aromatic heterocycles. The highest BCUT2D eigenvalue weighted by Gasteiger charge is 2.51. The van der Waals surface area contributed by atoms with E-state index in [1.165, 1.54) is 38.5 Å². The molecule has 0 heterocycles. The van der Waals surface area contributed by atoms with Crippen molar-refractivity contribution in [2.75, 3.05) is 13.1 Å². The van der Waals surface area contributed by atoms with Crippen LogP contribution in [0.1, 0.15) is 58.3 Å². The van der Waals surface area contributed by atoms with Crippen LogP contribution in [0.4, 0.5) is 0 Å². The van der Waals surface area contributed by atoms with Crippen LogP contribution in [0.5, 0.6) is 0 Å². The molecular weight excluding hydrogens is 246 g/mol. The number of carbonyl (C=O) groups is 1. The molecule has 0 aliphatic heterocycles. The molecule has 0 radical (unpaired) electrons. The second kappa shape index (κ2) is 5.43. The van der Waals surface area contributed by atoms with Crippen molar-refractivity contribution < 1.29 is 4.79 Å². The van der Waals surface area contributed by atoms with Gasteiger partial charge in [-0.2, -0.15) is 0 Å². The maximum absolute atomic E-state index is 12.6. The van der Waals surface area contributed by atoms with Crippen molar-refractivity contribution >= 4 is 5.91 Å². The first-order valence-electron chi connectivity index (χ1n) is 8.35. The molecule has 110 valence electrons. The first-order valence-corrected chi connectivity index (χ1v) is 8.35. The van der Waals surface area contributed by atoms with Crippen molar-refractivity contribution in [3.63, 3.8) is 0 Å². The Morgan fingerprint density at radius 2 is 1.75 bits per heavy atom. The maximum Gasteiger partial charge on any atom is 0.223 e. The van der Waals surface area contributed by atoms with Gasteiger partial charge in [-0.1, -0.05) is 12.8 Å². The number of carbonyl (C=O) groups excluding carboxylic acids is 1. The SMILES string of the molecule is C#CCN(CCC)C(=O)CC12CC3CC(CC(C3)C1)C2. The average Bonchev–Trinajstić information content (AvgIpc) is 2.36. The molecule has 0 N–H and O–H groups in total. The van der Waals surface area contributed by atoms with Gasteiger partial charge in [0.25, 0.3) is 0 Å². The quantitative estimate of drug-likeness (QED) is 0.702. The van der Waals surface area contributed by atoms with E-state index < -0.39 is 0 Å². The van der Waals surface area contributed by atoms with Gasteiger partial charge in [0.05, 0.1) is 6.54 Å². The van der Waals surface area contributed by atoms with Gasteiger partial charge >= 0.3 is 0 Å². The van der Waals surface area contributed by atoms with Gasteiger partial charge in [0.15, 0.2) is 0 Å². The van der Waals surface area contributed by atoms with E-state index in [0.717, 1.165) is 37.1 Å². The molecule has 4 rings (SSSR count). The largest absolute Gasteiger partial charge is 0.332 e. The Labute approximate surface area is 123 Å². The van der Waals surface area contributed by atoms with E-state index >= 15 is 0 Å². The third-order valence-corrected chi connectivity index (χ3v) is 5.82. The molecule has 4 aliphatic rings. The number of rotatable bonds is 5. The minimum atomic E-state index is 0.312. The van der Waals surface area contributed by atoms with Crippen LogP contribution in [0.2, 0.25) is 0 Å². The first kappa shape index (κ1) is 14.0. The summed E-state index contributed by atoms with van der Waals surface area (Å²) >= 11 is 0. The Kier molecular flexibility index (Phi) is 3.80. The molecule has 0 saturated heterocycles. The van der Waals surface area contributed by atoms with Crippen molar-refractivity contribution in [3.8, 4) is 12.3 Å². The summed E-state index contributed by atoms with van der Waals surface area (Å²) in [6, 6.07) is 0. The lowest BCUT2D eigenvalue weighted by Gasteiger charge is -2.57. The normalized spacial score (nSPS) is 37.7. The molecule has 0 spiro atoms. The summed E-state index contributed by atoms with van der Waals surface area (Å²) < 4.78 is 0. The van der Waals surface area contributed by atoms with Crippen LogP contribution >= 0.6 is 0 Å². The number of hydrogen-bond donors (Lipinski definition) is 0. The number of hydrogen-bond acceptors (Lipinski definition) is 1. The molecule has 20 heavy (non-hydrogen) atoms. The van der Waals surface area contributed by atoms with Gasteiger partial charge in [-0.05, 0) is 68.1 Å². The molecule has 4 aliphatic carbocycles. The molecule has 2 heteroatoms. The Balaban J connectivity index is 1.67. The summed E-state index contributed by atoms with van der Waals surface area (Å²) in [6.07, 6.45) is 15.4. The molecule has 0 aromatic carbocycles. The van der Waals surface area contributed by atoms with Crippen molar-refractivity contribution in [3.05, 3.63) is 0 Å². The Bertz CT molecular complexity index is 384. The highest BCUT2D eigenvalue weighted by molar-refractivity contribution is 5.77. The third-order valence-electron chi connectivity index (χ3n) is 5.82. The van der Waals surface area contributed by atoms with Crippen molar-refractivity contribution in [1.29, 1.82) is 0 Å². The van der Waals surface area contributed by atoms with E-state index in [2.05, 4.69) is 12.8 Å². The number of nitrogens with zero attached hydrogens (tertiary/aromatic N) is 1. The van der Waals surface area contributed by atoms with Crippen molar-refractivity contribution in [1.82, 2.24) is 4.90 Å². The minimum absolute atomic E-state index is 0.312. The zero-order chi connectivity index (χ0) is 14.2. The minimum Gasteiger partial charge on any atom is -0.332 e. The highest BCUT2D eigenvalue weighted by atomic mass is 16.2. The molecule has 4 fully saturated rings. The van der Waals surface area contributed by atoms with E-state index in [4.69, 9.17) is 6.42 Å². The van der Waals surface area contributed by atoms with E-state index in [-0.39, 0.29) is 0 Å². The summed E-state index contributed by atoms with van der Waals surface area (Å²) in [6.45, 7) is 3.41. The summed E-state index contributed by atoms with van der Waals surface area (Å²) in [4.78, 5) is 14.5. The first-order chi connectivity index (χ1) is 9.64. The van der Waals surface area contributed by atoms with Crippen LogP contribution in [0.3, 0.4) is 0 Å². The third kappa shape index (κ3) is 2.60. The van der Waals surface area contributed by atoms with E-state index in [9.17, 15) is 4.79 Å². The Morgan fingerprint density at radius 1 is 1.20 bits per heavy atom. The average molecular weight is 273 g/mol. The predicted octanol–water partition coefficient (Wildman–Crippen LogP) is 3.46. The van der Waals surface area contributed by atoms with E-state index in [1.807, 2.05) is 4.90 Å². The van der Waals surface area contributed by atoms with Gasteiger partial charge < -0.3 is 4.90 Å². The van der Waals surface area contributed by atoms with E-state index in [0.29, 0.717) is 17.9 Å². The monoisotopic (exact) mass is 273 g/mol. The molecule has 0 aromatic rings. The summed E-state index contributed by atoms with van der Waals surface area (Å²) in [5.41, 5.74) is 0.340. The molecule has 4 bridgehead atoms. The van der Waals surface area contributed by atoms with Gasteiger partial charge in [0.1, 0.15) is 0 Å². The van der Waals surface area contributed by atoms with Crippen molar-refractivity contribution in [2.24, 2.45) is 23.2 Å². The molecule has 4 saturated carbocycles. The molecule has 0 atom stereocenters. The fourth-order valence-corrected chi connectivity index (χ4v) is 5.61. The second-order valence-electron chi connectivity index (χ2n) is 7.61. The summed E-state index contributed by atoms with van der Waals surface area (Å²) in [5, 5.41) is 0. The summed E-state index contributed by atoms with van der Waals surface area (Å²) in [5.74, 6) is 5.71. The second-order valence-corrected chi connectivity index (χ2v) is 7.61. The fourth-order valence-electron chi connectivity index (χ4n) is 5.61. The van der Waals surface area contributed by atoms with Crippen molar-refractivity contribution in [2.45, 2.75) is 58.3 Å². The Hall–Kier alpha value is -0.970. The van der Waals surface area contributed by atoms with Crippen LogP contribution in [-0.2, 0) is 4.79 Å². The molecular formula is C18H27NO. The van der Waals surface area contributed by atoms with Gasteiger partial charge in [-0.3, -0.25) is 4.79 Å². The lowest BCUT2D eigenvalue weighted by atomic mass is 9.49. The Morgan fingerprint density at radius 3 is 2.20 bits per heavy atom. The zero-order valence-electron chi connectivity index (χ0n) is 12.7. The van der Waals surface area contributed by atoms with E-state index in [1.54, 1.807) is 0 Å². The number of amides is 1. The van der Waals surface area contributed by atoms with Gasteiger partial charge in [0.2, 0.25) is 5.91 Å². The van der Waals surface area contributed by atoms with Crippen LogP contribution in [0, 0.1) is 35.5 Å². The van der Waals surface area contributed by atoms with Crippen LogP contribution in [-0.4, -0.2) is 23.9 Å². The van der Waals surface area contributed by atoms with Crippen LogP contribution < -0.4 is 0 Å². The fraction of sp³-hybridized carbons (Fsp3) is 0.833. The standard InChI is InChI=1S/C18H27NO/c1-3-5-19(6-4-2)17(20)13-18-10-14-7-15(11-18)9-16(8-14)12-18/h1,14-16H,4-13H2,2H3. The number of terminal acetylenes is 1.